The molecule has 1 aliphatic carbocycles. The Morgan fingerprint density at radius 3 is 2.78 bits per heavy atom. The fraction of sp³-hybridized carbons (Fsp3) is 0.381. The summed E-state index contributed by atoms with van der Waals surface area (Å²) in [4.78, 5) is 19.4. The molecule has 0 atom stereocenters. The molecule has 8 nitrogen and oxygen atoms in total. The van der Waals surface area contributed by atoms with Gasteiger partial charge in [-0.05, 0) is 25.0 Å². The number of halogens is 2. The van der Waals surface area contributed by atoms with Crippen LogP contribution in [0.4, 0.5) is 25.3 Å². The molecule has 3 aromatic rings. The molecule has 168 valence electrons. The van der Waals surface area contributed by atoms with Crippen LogP contribution in [-0.4, -0.2) is 46.9 Å². The highest BCUT2D eigenvalue weighted by molar-refractivity contribution is 7.19. The third-order valence-corrected chi connectivity index (χ3v) is 6.94. The number of aromatic nitrogens is 3. The van der Waals surface area contributed by atoms with E-state index < -0.39 is 17.5 Å². The number of carbonyl (C=O) groups is 1. The molecular formula is C21H23F2N7OS. The van der Waals surface area contributed by atoms with E-state index in [0.717, 1.165) is 55.5 Å². The summed E-state index contributed by atoms with van der Waals surface area (Å²) in [6.07, 6.45) is 3.95. The average Bonchev–Trinajstić information content (AvgIpc) is 3.34. The van der Waals surface area contributed by atoms with E-state index in [4.69, 9.17) is 5.73 Å². The third kappa shape index (κ3) is 3.71. The van der Waals surface area contributed by atoms with Gasteiger partial charge in [0, 0.05) is 38.6 Å². The minimum absolute atomic E-state index is 0.0175. The van der Waals surface area contributed by atoms with Crippen molar-refractivity contribution in [2.24, 2.45) is 12.5 Å². The molecule has 0 bridgehead atoms. The zero-order chi connectivity index (χ0) is 22.5. The van der Waals surface area contributed by atoms with Crippen molar-refractivity contribution in [3.63, 3.8) is 0 Å². The second-order valence-corrected chi connectivity index (χ2v) is 9.42. The number of nitrogen functional groups attached to an aromatic ring is 1. The average molecular weight is 460 g/mol. The molecule has 5 rings (SSSR count). The summed E-state index contributed by atoms with van der Waals surface area (Å²) in [6, 6.07) is 3.55. The van der Waals surface area contributed by atoms with E-state index in [1.807, 2.05) is 7.05 Å². The Balaban J connectivity index is 1.41. The minimum Gasteiger partial charge on any atom is -0.389 e. The van der Waals surface area contributed by atoms with Crippen molar-refractivity contribution < 1.29 is 13.6 Å². The molecule has 2 aliphatic rings. The number of anilines is 3. The summed E-state index contributed by atoms with van der Waals surface area (Å²) in [5.41, 5.74) is 6.45. The highest BCUT2D eigenvalue weighted by Crippen LogP contribution is 2.47. The molecule has 1 saturated carbocycles. The smallest absolute Gasteiger partial charge is 0.277 e. The zero-order valence-electron chi connectivity index (χ0n) is 17.5. The van der Waals surface area contributed by atoms with Crippen molar-refractivity contribution in [2.75, 3.05) is 42.1 Å². The molecule has 1 aliphatic heterocycles. The van der Waals surface area contributed by atoms with Crippen LogP contribution in [0, 0.1) is 17.0 Å². The number of nitrogens with two attached hydrogens (primary N) is 1. The minimum atomic E-state index is -0.760. The van der Waals surface area contributed by atoms with Gasteiger partial charge in [0.05, 0.1) is 11.8 Å². The second kappa shape index (κ2) is 7.82. The zero-order valence-corrected chi connectivity index (χ0v) is 18.3. The standard InChI is InChI=1S/C21H23F2N7OS/c1-29-20(30-8-7-25-10-21(11-30)5-6-21)14(9-26-29)27-18(31)16-17(24)32-19(28-16)15-12(22)3-2-4-13(15)23/h2-4,9,25H,5-8,10-11,24H2,1H3,(H,27,31). The number of hydrogen-bond acceptors (Lipinski definition) is 7. The summed E-state index contributed by atoms with van der Waals surface area (Å²) in [6.45, 7) is 3.52. The molecule has 1 saturated heterocycles. The molecule has 1 amide bonds. The molecule has 3 heterocycles. The first-order valence-electron chi connectivity index (χ1n) is 10.4. The Labute approximate surface area is 187 Å². The van der Waals surface area contributed by atoms with Crippen LogP contribution in [0.15, 0.2) is 24.4 Å². The molecule has 0 radical (unpaired) electrons. The van der Waals surface area contributed by atoms with Gasteiger partial charge in [-0.15, -0.1) is 0 Å². The Morgan fingerprint density at radius 1 is 1.31 bits per heavy atom. The summed E-state index contributed by atoms with van der Waals surface area (Å²) >= 11 is 0.869. The van der Waals surface area contributed by atoms with Crippen LogP contribution in [0.1, 0.15) is 23.3 Å². The van der Waals surface area contributed by atoms with Crippen LogP contribution in [0.2, 0.25) is 0 Å². The lowest BCUT2D eigenvalue weighted by Gasteiger charge is -2.26. The molecule has 1 aromatic carbocycles. The molecule has 32 heavy (non-hydrogen) atoms. The normalized spacial score (nSPS) is 17.4. The molecule has 11 heteroatoms. The van der Waals surface area contributed by atoms with Gasteiger partial charge < -0.3 is 21.3 Å². The number of amides is 1. The first-order chi connectivity index (χ1) is 15.4. The van der Waals surface area contributed by atoms with E-state index in [1.165, 1.54) is 18.9 Å². The van der Waals surface area contributed by atoms with Gasteiger partial charge in [-0.2, -0.15) is 5.10 Å². The van der Waals surface area contributed by atoms with Crippen molar-refractivity contribution in [1.82, 2.24) is 20.1 Å². The van der Waals surface area contributed by atoms with E-state index in [-0.39, 0.29) is 26.7 Å². The molecule has 0 unspecified atom stereocenters. The van der Waals surface area contributed by atoms with Crippen molar-refractivity contribution in [3.8, 4) is 10.6 Å². The molecule has 1 spiro atoms. The van der Waals surface area contributed by atoms with Crippen molar-refractivity contribution in [1.29, 1.82) is 0 Å². The topological polar surface area (TPSA) is 101 Å². The van der Waals surface area contributed by atoms with Gasteiger partial charge >= 0.3 is 0 Å². The number of nitrogens with zero attached hydrogens (tertiary/aromatic N) is 4. The lowest BCUT2D eigenvalue weighted by atomic mass is 10.1. The molecule has 4 N–H and O–H groups in total. The number of nitrogens with one attached hydrogen (secondary N) is 2. The Hall–Kier alpha value is -3.05. The fourth-order valence-electron chi connectivity index (χ4n) is 4.18. The monoisotopic (exact) mass is 459 g/mol. The van der Waals surface area contributed by atoms with Crippen LogP contribution >= 0.6 is 11.3 Å². The third-order valence-electron chi connectivity index (χ3n) is 6.04. The Bertz CT molecular complexity index is 1170. The molecule has 2 aromatic heterocycles. The first-order valence-corrected chi connectivity index (χ1v) is 11.2. The maximum absolute atomic E-state index is 14.2. The van der Waals surface area contributed by atoms with Gasteiger partial charge in [-0.25, -0.2) is 13.8 Å². The van der Waals surface area contributed by atoms with Gasteiger partial charge in [0.15, 0.2) is 11.5 Å². The Kier molecular flexibility index (Phi) is 5.09. The highest BCUT2D eigenvalue weighted by Gasteiger charge is 2.45. The summed E-state index contributed by atoms with van der Waals surface area (Å²) < 4.78 is 30.0. The van der Waals surface area contributed by atoms with Crippen molar-refractivity contribution in [2.45, 2.75) is 12.8 Å². The predicted molar refractivity (Wildman–Crippen MR) is 120 cm³/mol. The van der Waals surface area contributed by atoms with E-state index >= 15 is 0 Å². The molecular weight excluding hydrogens is 436 g/mol. The van der Waals surface area contributed by atoms with Crippen LogP contribution < -0.4 is 21.3 Å². The van der Waals surface area contributed by atoms with Crippen LogP contribution in [0.5, 0.6) is 0 Å². The SMILES string of the molecule is Cn1ncc(NC(=O)c2nc(-c3c(F)cccc3F)sc2N)c1N1CCNCC2(CC2)C1. The maximum atomic E-state index is 14.2. The van der Waals surface area contributed by atoms with Crippen LogP contribution in [0.3, 0.4) is 0 Å². The summed E-state index contributed by atoms with van der Waals surface area (Å²) in [7, 11) is 1.83. The van der Waals surface area contributed by atoms with Crippen LogP contribution in [-0.2, 0) is 7.05 Å². The number of rotatable bonds is 4. The lowest BCUT2D eigenvalue weighted by Crippen LogP contribution is -2.33. The van der Waals surface area contributed by atoms with Gasteiger partial charge in [-0.3, -0.25) is 9.48 Å². The number of thiazole rings is 1. The summed E-state index contributed by atoms with van der Waals surface area (Å²) in [5.74, 6) is -1.26. The maximum Gasteiger partial charge on any atom is 0.277 e. The number of carbonyl (C=O) groups excluding carboxylic acids is 1. The van der Waals surface area contributed by atoms with Crippen molar-refractivity contribution >= 4 is 33.8 Å². The second-order valence-electron chi connectivity index (χ2n) is 8.39. The lowest BCUT2D eigenvalue weighted by molar-refractivity contribution is 0.102. The Morgan fingerprint density at radius 2 is 2.06 bits per heavy atom. The van der Waals surface area contributed by atoms with Gasteiger partial charge in [-0.1, -0.05) is 17.4 Å². The van der Waals surface area contributed by atoms with Gasteiger partial charge in [0.1, 0.15) is 27.3 Å². The quantitative estimate of drug-likeness (QED) is 0.555. The van der Waals surface area contributed by atoms with E-state index in [2.05, 4.69) is 25.6 Å². The summed E-state index contributed by atoms with van der Waals surface area (Å²) in [5, 5.41) is 10.8. The molecule has 2 fully saturated rings. The largest absolute Gasteiger partial charge is 0.389 e. The fourth-order valence-corrected chi connectivity index (χ4v) is 5.06. The van der Waals surface area contributed by atoms with Gasteiger partial charge in [0.2, 0.25) is 0 Å². The van der Waals surface area contributed by atoms with E-state index in [9.17, 15) is 13.6 Å². The number of benzene rings is 1. The van der Waals surface area contributed by atoms with E-state index in [0.29, 0.717) is 5.69 Å². The predicted octanol–water partition coefficient (Wildman–Crippen LogP) is 2.85. The van der Waals surface area contributed by atoms with Gasteiger partial charge in [0.25, 0.3) is 5.91 Å². The van der Waals surface area contributed by atoms with E-state index in [1.54, 1.807) is 10.9 Å². The van der Waals surface area contributed by atoms with Crippen molar-refractivity contribution in [3.05, 3.63) is 41.7 Å². The number of aryl methyl sites for hydroxylation is 1. The first kappa shape index (κ1) is 20.8. The number of hydrogen-bond donors (Lipinski definition) is 3. The highest BCUT2D eigenvalue weighted by atomic mass is 32.1. The van der Waals surface area contributed by atoms with Crippen LogP contribution in [0.25, 0.3) is 10.6 Å².